The highest BCUT2D eigenvalue weighted by atomic mass is 35.5. The Bertz CT molecular complexity index is 434. The Labute approximate surface area is 115 Å². The maximum Gasteiger partial charge on any atom is 0.347 e. The highest BCUT2D eigenvalue weighted by molar-refractivity contribution is 6.35. The molecular formula is C12H14Cl2O4. The summed E-state index contributed by atoms with van der Waals surface area (Å²) < 4.78 is 10.2. The van der Waals surface area contributed by atoms with Crippen LogP contribution in [0.15, 0.2) is 12.1 Å². The molecule has 1 unspecified atom stereocenters. The van der Waals surface area contributed by atoms with Crippen molar-refractivity contribution in [2.24, 2.45) is 0 Å². The van der Waals surface area contributed by atoms with Crippen molar-refractivity contribution in [3.8, 4) is 5.75 Å². The lowest BCUT2D eigenvalue weighted by Gasteiger charge is -2.17. The molecule has 1 aromatic rings. The van der Waals surface area contributed by atoms with E-state index in [1.807, 2.05) is 0 Å². The first-order valence-electron chi connectivity index (χ1n) is 5.41. The van der Waals surface area contributed by atoms with Gasteiger partial charge in [0, 0.05) is 10.6 Å². The third-order valence-electron chi connectivity index (χ3n) is 2.17. The molecular weight excluding hydrogens is 279 g/mol. The van der Waals surface area contributed by atoms with Crippen LogP contribution in [0.5, 0.6) is 5.75 Å². The molecule has 0 heterocycles. The molecule has 0 radical (unpaired) electrons. The van der Waals surface area contributed by atoms with Crippen LogP contribution in [0.2, 0.25) is 10.0 Å². The molecule has 100 valence electrons. The summed E-state index contributed by atoms with van der Waals surface area (Å²) in [6.45, 7) is 3.24. The number of ether oxygens (including phenoxy) is 2. The molecule has 0 bridgehead atoms. The molecule has 0 spiro atoms. The fourth-order valence-corrected chi connectivity index (χ4v) is 1.93. The molecule has 0 fully saturated rings. The fraction of sp³-hybridized carbons (Fsp3) is 0.417. The van der Waals surface area contributed by atoms with Crippen LogP contribution in [0.4, 0.5) is 0 Å². The van der Waals surface area contributed by atoms with Crippen LogP contribution >= 0.6 is 23.2 Å². The predicted octanol–water partition coefficient (Wildman–Crippen LogP) is 2.82. The molecule has 0 saturated carbocycles. The van der Waals surface area contributed by atoms with E-state index in [9.17, 15) is 9.90 Å². The molecule has 6 heteroatoms. The third kappa shape index (κ3) is 3.77. The molecule has 0 aliphatic rings. The maximum atomic E-state index is 11.4. The van der Waals surface area contributed by atoms with E-state index in [2.05, 4.69) is 0 Å². The SMILES string of the molecule is CCOC(=O)C(C)Oc1c(Cl)cc(Cl)cc1CO. The van der Waals surface area contributed by atoms with Crippen LogP contribution in [-0.4, -0.2) is 23.8 Å². The van der Waals surface area contributed by atoms with E-state index in [4.69, 9.17) is 32.7 Å². The second-order valence-electron chi connectivity index (χ2n) is 3.55. The molecule has 0 aromatic heterocycles. The van der Waals surface area contributed by atoms with E-state index in [-0.39, 0.29) is 24.0 Å². The molecule has 1 atom stereocenters. The summed E-state index contributed by atoms with van der Waals surface area (Å²) in [5.74, 6) is -0.253. The monoisotopic (exact) mass is 292 g/mol. The van der Waals surface area contributed by atoms with Crippen LogP contribution in [0, 0.1) is 0 Å². The maximum absolute atomic E-state index is 11.4. The second-order valence-corrected chi connectivity index (χ2v) is 4.39. The van der Waals surface area contributed by atoms with Crippen LogP contribution < -0.4 is 4.74 Å². The summed E-state index contributed by atoms with van der Waals surface area (Å²) in [4.78, 5) is 11.4. The number of hydrogen-bond donors (Lipinski definition) is 1. The van der Waals surface area contributed by atoms with Gasteiger partial charge in [-0.2, -0.15) is 0 Å². The molecule has 1 N–H and O–H groups in total. The van der Waals surface area contributed by atoms with Crippen molar-refractivity contribution in [1.82, 2.24) is 0 Å². The standard InChI is InChI=1S/C12H14Cl2O4/c1-3-17-12(16)7(2)18-11-8(6-15)4-9(13)5-10(11)14/h4-5,7,15H,3,6H2,1-2H3. The average Bonchev–Trinajstić information content (AvgIpc) is 2.32. The first-order valence-corrected chi connectivity index (χ1v) is 6.17. The number of aliphatic hydroxyl groups excluding tert-OH is 1. The normalized spacial score (nSPS) is 12.1. The number of carbonyl (C=O) groups is 1. The Morgan fingerprint density at radius 3 is 2.67 bits per heavy atom. The van der Waals surface area contributed by atoms with Gasteiger partial charge in [0.25, 0.3) is 0 Å². The summed E-state index contributed by atoms with van der Waals surface area (Å²) in [7, 11) is 0. The molecule has 0 aliphatic carbocycles. The van der Waals surface area contributed by atoms with Crippen molar-refractivity contribution in [3.05, 3.63) is 27.7 Å². The van der Waals surface area contributed by atoms with Crippen molar-refractivity contribution in [2.75, 3.05) is 6.61 Å². The second kappa shape index (κ2) is 6.83. The number of hydrogen-bond acceptors (Lipinski definition) is 4. The van der Waals surface area contributed by atoms with Gasteiger partial charge in [0.1, 0.15) is 5.75 Å². The first-order chi connectivity index (χ1) is 8.49. The summed E-state index contributed by atoms with van der Waals surface area (Å²) in [5, 5.41) is 9.84. The number of carbonyl (C=O) groups excluding carboxylic acids is 1. The molecule has 1 aromatic carbocycles. The number of aliphatic hydroxyl groups is 1. The van der Waals surface area contributed by atoms with E-state index in [1.165, 1.54) is 12.1 Å². The van der Waals surface area contributed by atoms with Gasteiger partial charge in [-0.25, -0.2) is 4.79 Å². The minimum Gasteiger partial charge on any atom is -0.477 e. The smallest absolute Gasteiger partial charge is 0.347 e. The lowest BCUT2D eigenvalue weighted by molar-refractivity contribution is -0.150. The van der Waals surface area contributed by atoms with Gasteiger partial charge in [-0.05, 0) is 26.0 Å². The summed E-state index contributed by atoms with van der Waals surface area (Å²) >= 11 is 11.8. The zero-order valence-electron chi connectivity index (χ0n) is 10.1. The van der Waals surface area contributed by atoms with Crippen LogP contribution in [0.1, 0.15) is 19.4 Å². The number of benzene rings is 1. The zero-order chi connectivity index (χ0) is 13.7. The van der Waals surface area contributed by atoms with Crippen molar-refractivity contribution >= 4 is 29.2 Å². The van der Waals surface area contributed by atoms with E-state index in [0.29, 0.717) is 10.6 Å². The Hall–Kier alpha value is -0.970. The molecule has 1 rings (SSSR count). The lowest BCUT2D eigenvalue weighted by Crippen LogP contribution is -2.26. The molecule has 0 aliphatic heterocycles. The van der Waals surface area contributed by atoms with Crippen molar-refractivity contribution in [3.63, 3.8) is 0 Å². The Balaban J connectivity index is 2.93. The van der Waals surface area contributed by atoms with E-state index < -0.39 is 12.1 Å². The lowest BCUT2D eigenvalue weighted by atomic mass is 10.2. The van der Waals surface area contributed by atoms with Gasteiger partial charge >= 0.3 is 5.97 Å². The fourth-order valence-electron chi connectivity index (χ4n) is 1.35. The quantitative estimate of drug-likeness (QED) is 0.848. The Morgan fingerprint density at radius 1 is 1.44 bits per heavy atom. The Kier molecular flexibility index (Phi) is 5.72. The van der Waals surface area contributed by atoms with Gasteiger partial charge in [-0.3, -0.25) is 0 Å². The average molecular weight is 293 g/mol. The first kappa shape index (κ1) is 15.1. The topological polar surface area (TPSA) is 55.8 Å². The largest absolute Gasteiger partial charge is 0.477 e. The van der Waals surface area contributed by atoms with E-state index in [0.717, 1.165) is 0 Å². The summed E-state index contributed by atoms with van der Waals surface area (Å²) in [5.41, 5.74) is 0.420. The van der Waals surface area contributed by atoms with Crippen LogP contribution in [0.25, 0.3) is 0 Å². The van der Waals surface area contributed by atoms with Gasteiger partial charge in [0.2, 0.25) is 0 Å². The number of esters is 1. The van der Waals surface area contributed by atoms with Crippen molar-refractivity contribution < 1.29 is 19.4 Å². The minimum absolute atomic E-state index is 0.239. The highest BCUT2D eigenvalue weighted by Gasteiger charge is 2.19. The van der Waals surface area contributed by atoms with E-state index >= 15 is 0 Å². The van der Waals surface area contributed by atoms with Crippen LogP contribution in [-0.2, 0) is 16.1 Å². The highest BCUT2D eigenvalue weighted by Crippen LogP contribution is 2.33. The van der Waals surface area contributed by atoms with Gasteiger partial charge in [-0.15, -0.1) is 0 Å². The van der Waals surface area contributed by atoms with Gasteiger partial charge in [0.15, 0.2) is 6.10 Å². The zero-order valence-corrected chi connectivity index (χ0v) is 11.6. The third-order valence-corrected chi connectivity index (χ3v) is 2.67. The minimum atomic E-state index is -0.811. The van der Waals surface area contributed by atoms with Crippen LogP contribution in [0.3, 0.4) is 0 Å². The van der Waals surface area contributed by atoms with Crippen molar-refractivity contribution in [1.29, 1.82) is 0 Å². The summed E-state index contributed by atoms with van der Waals surface area (Å²) in [6, 6.07) is 3.01. The van der Waals surface area contributed by atoms with Gasteiger partial charge < -0.3 is 14.6 Å². The van der Waals surface area contributed by atoms with Crippen molar-refractivity contribution in [2.45, 2.75) is 26.6 Å². The van der Waals surface area contributed by atoms with Gasteiger partial charge in [-0.1, -0.05) is 23.2 Å². The molecule has 18 heavy (non-hydrogen) atoms. The predicted molar refractivity (Wildman–Crippen MR) is 69.1 cm³/mol. The number of halogens is 2. The van der Waals surface area contributed by atoms with E-state index in [1.54, 1.807) is 13.8 Å². The van der Waals surface area contributed by atoms with Gasteiger partial charge in [0.05, 0.1) is 18.2 Å². The summed E-state index contributed by atoms with van der Waals surface area (Å²) in [6.07, 6.45) is -0.811. The molecule has 0 saturated heterocycles. The number of rotatable bonds is 5. The molecule has 4 nitrogen and oxygen atoms in total. The Morgan fingerprint density at radius 2 is 2.11 bits per heavy atom. The molecule has 0 amide bonds.